The van der Waals surface area contributed by atoms with Gasteiger partial charge < -0.3 is 4.74 Å². The zero-order valence-corrected chi connectivity index (χ0v) is 7.70. The van der Waals surface area contributed by atoms with E-state index in [0.29, 0.717) is 12.5 Å². The molecule has 0 saturated heterocycles. The lowest BCUT2D eigenvalue weighted by Crippen LogP contribution is -1.96. The van der Waals surface area contributed by atoms with Crippen molar-refractivity contribution in [2.75, 3.05) is 6.61 Å². The van der Waals surface area contributed by atoms with Crippen molar-refractivity contribution in [3.63, 3.8) is 0 Å². The first-order valence-electron chi connectivity index (χ1n) is 2.93. The van der Waals surface area contributed by atoms with Gasteiger partial charge in [-0.2, -0.15) is 0 Å². The lowest BCUT2D eigenvalue weighted by atomic mass is 10.6. The minimum Gasteiger partial charge on any atom is -0.477 e. The molecule has 0 saturated carbocycles. The van der Waals surface area contributed by atoms with Crippen LogP contribution in [0.5, 0.6) is 5.88 Å². The average molecular weight is 250 g/mol. The summed E-state index contributed by atoms with van der Waals surface area (Å²) in [6.07, 6.45) is 3.20. The van der Waals surface area contributed by atoms with Crippen molar-refractivity contribution in [2.45, 2.75) is 6.92 Å². The Morgan fingerprint density at radius 3 is 3.10 bits per heavy atom. The van der Waals surface area contributed by atoms with Crippen LogP contribution in [0.3, 0.4) is 0 Å². The van der Waals surface area contributed by atoms with E-state index in [0.717, 1.165) is 3.57 Å². The van der Waals surface area contributed by atoms with E-state index in [2.05, 4.69) is 32.6 Å². The van der Waals surface area contributed by atoms with Crippen molar-refractivity contribution in [2.24, 2.45) is 0 Å². The van der Waals surface area contributed by atoms with Crippen LogP contribution in [0.25, 0.3) is 0 Å². The van der Waals surface area contributed by atoms with E-state index in [1.54, 1.807) is 6.20 Å². The second-order valence-corrected chi connectivity index (χ2v) is 2.77. The molecule has 0 bridgehead atoms. The Kier molecular flexibility index (Phi) is 2.85. The highest BCUT2D eigenvalue weighted by Crippen LogP contribution is 2.14. The van der Waals surface area contributed by atoms with E-state index in [1.165, 1.54) is 6.33 Å². The van der Waals surface area contributed by atoms with Crippen LogP contribution in [0.4, 0.5) is 0 Å². The van der Waals surface area contributed by atoms with E-state index in [-0.39, 0.29) is 0 Å². The summed E-state index contributed by atoms with van der Waals surface area (Å²) in [7, 11) is 0. The van der Waals surface area contributed by atoms with Gasteiger partial charge in [0, 0.05) is 6.20 Å². The maximum Gasteiger partial charge on any atom is 0.230 e. The van der Waals surface area contributed by atoms with E-state index in [9.17, 15) is 0 Å². The van der Waals surface area contributed by atoms with Crippen molar-refractivity contribution in [3.05, 3.63) is 16.1 Å². The second kappa shape index (κ2) is 3.70. The molecule has 0 atom stereocenters. The Bertz CT molecular complexity index is 217. The molecule has 0 aliphatic carbocycles. The Morgan fingerprint density at radius 1 is 1.70 bits per heavy atom. The minimum atomic E-state index is 0.646. The van der Waals surface area contributed by atoms with E-state index in [1.807, 2.05) is 6.92 Å². The molecule has 0 aliphatic heterocycles. The Labute approximate surface area is 73.0 Å². The summed E-state index contributed by atoms with van der Waals surface area (Å²) in [6, 6.07) is 0. The molecule has 3 nitrogen and oxygen atoms in total. The van der Waals surface area contributed by atoms with Crippen LogP contribution >= 0.6 is 22.6 Å². The number of rotatable bonds is 2. The smallest absolute Gasteiger partial charge is 0.230 e. The lowest BCUT2D eigenvalue weighted by Gasteiger charge is -2.00. The molecule has 4 heteroatoms. The Hall–Kier alpha value is -0.390. The van der Waals surface area contributed by atoms with Gasteiger partial charge in [0.15, 0.2) is 0 Å². The summed E-state index contributed by atoms with van der Waals surface area (Å²) in [6.45, 7) is 2.57. The molecule has 0 radical (unpaired) electrons. The van der Waals surface area contributed by atoms with Gasteiger partial charge in [-0.25, -0.2) is 9.97 Å². The largest absolute Gasteiger partial charge is 0.477 e. The van der Waals surface area contributed by atoms with E-state index in [4.69, 9.17) is 4.74 Å². The van der Waals surface area contributed by atoms with Crippen molar-refractivity contribution < 1.29 is 4.74 Å². The summed E-state index contributed by atoms with van der Waals surface area (Å²) in [5, 5.41) is 0. The van der Waals surface area contributed by atoms with Crippen LogP contribution in [0.15, 0.2) is 12.5 Å². The van der Waals surface area contributed by atoms with Crippen LogP contribution in [-0.2, 0) is 0 Å². The lowest BCUT2D eigenvalue weighted by molar-refractivity contribution is 0.323. The molecule has 0 fully saturated rings. The van der Waals surface area contributed by atoms with Gasteiger partial charge in [0.1, 0.15) is 6.33 Å². The zero-order chi connectivity index (χ0) is 7.40. The monoisotopic (exact) mass is 250 g/mol. The van der Waals surface area contributed by atoms with Crippen molar-refractivity contribution >= 4 is 22.6 Å². The molecule has 10 heavy (non-hydrogen) atoms. The standard InChI is InChI=1S/C6H7IN2O/c1-2-10-6-5(7)3-8-4-9-6/h3-4H,2H2,1H3. The fourth-order valence-electron chi connectivity index (χ4n) is 0.544. The third-order valence-electron chi connectivity index (χ3n) is 0.915. The Balaban J connectivity index is 2.81. The fourth-order valence-corrected chi connectivity index (χ4v) is 1.00. The summed E-state index contributed by atoms with van der Waals surface area (Å²) in [4.78, 5) is 7.76. The second-order valence-electron chi connectivity index (χ2n) is 1.61. The number of hydrogen-bond donors (Lipinski definition) is 0. The van der Waals surface area contributed by atoms with Gasteiger partial charge in [-0.15, -0.1) is 0 Å². The maximum absolute atomic E-state index is 5.18. The van der Waals surface area contributed by atoms with Crippen LogP contribution < -0.4 is 4.74 Å². The summed E-state index contributed by atoms with van der Waals surface area (Å²) < 4.78 is 6.12. The first-order valence-corrected chi connectivity index (χ1v) is 4.00. The molecule has 1 rings (SSSR count). The minimum absolute atomic E-state index is 0.646. The third-order valence-corrected chi connectivity index (χ3v) is 1.65. The maximum atomic E-state index is 5.18. The summed E-state index contributed by atoms with van der Waals surface area (Å²) in [5.74, 6) is 0.665. The predicted molar refractivity (Wildman–Crippen MR) is 45.9 cm³/mol. The molecule has 0 unspecified atom stereocenters. The summed E-state index contributed by atoms with van der Waals surface area (Å²) >= 11 is 2.13. The summed E-state index contributed by atoms with van der Waals surface area (Å²) in [5.41, 5.74) is 0. The molecule has 0 aromatic carbocycles. The van der Waals surface area contributed by atoms with E-state index >= 15 is 0 Å². The van der Waals surface area contributed by atoms with Crippen molar-refractivity contribution in [1.29, 1.82) is 0 Å². The topological polar surface area (TPSA) is 35.0 Å². The molecular weight excluding hydrogens is 243 g/mol. The van der Waals surface area contributed by atoms with E-state index < -0.39 is 0 Å². The number of hydrogen-bond acceptors (Lipinski definition) is 3. The predicted octanol–water partition coefficient (Wildman–Crippen LogP) is 1.48. The van der Waals surface area contributed by atoms with Crippen LogP contribution in [0.2, 0.25) is 0 Å². The number of halogens is 1. The van der Waals surface area contributed by atoms with Crippen LogP contribution in [0.1, 0.15) is 6.92 Å². The van der Waals surface area contributed by atoms with Crippen LogP contribution in [0, 0.1) is 3.57 Å². The number of nitrogens with zero attached hydrogens (tertiary/aromatic N) is 2. The van der Waals surface area contributed by atoms with Gasteiger partial charge in [0.2, 0.25) is 5.88 Å². The molecule has 0 amide bonds. The van der Waals surface area contributed by atoms with Crippen LogP contribution in [-0.4, -0.2) is 16.6 Å². The van der Waals surface area contributed by atoms with Gasteiger partial charge in [0.05, 0.1) is 10.2 Å². The quantitative estimate of drug-likeness (QED) is 0.745. The first-order chi connectivity index (χ1) is 4.84. The van der Waals surface area contributed by atoms with Gasteiger partial charge in [-0.1, -0.05) is 0 Å². The molecule has 1 aromatic heterocycles. The molecule has 54 valence electrons. The molecule has 1 heterocycles. The highest BCUT2D eigenvalue weighted by molar-refractivity contribution is 14.1. The molecule has 0 N–H and O–H groups in total. The highest BCUT2D eigenvalue weighted by atomic mass is 127. The molecular formula is C6H7IN2O. The average Bonchev–Trinajstić information content (AvgIpc) is 1.94. The highest BCUT2D eigenvalue weighted by Gasteiger charge is 1.97. The zero-order valence-electron chi connectivity index (χ0n) is 5.54. The van der Waals surface area contributed by atoms with Gasteiger partial charge in [0.25, 0.3) is 0 Å². The third kappa shape index (κ3) is 1.80. The Morgan fingerprint density at radius 2 is 2.50 bits per heavy atom. The number of aromatic nitrogens is 2. The van der Waals surface area contributed by atoms with Crippen molar-refractivity contribution in [1.82, 2.24) is 9.97 Å². The van der Waals surface area contributed by atoms with Gasteiger partial charge in [-0.3, -0.25) is 0 Å². The normalized spacial score (nSPS) is 9.40. The molecule has 1 aromatic rings. The van der Waals surface area contributed by atoms with Gasteiger partial charge >= 0.3 is 0 Å². The first kappa shape index (κ1) is 7.71. The van der Waals surface area contributed by atoms with Crippen molar-refractivity contribution in [3.8, 4) is 5.88 Å². The SMILES string of the molecule is CCOc1ncncc1I. The van der Waals surface area contributed by atoms with Gasteiger partial charge in [-0.05, 0) is 29.5 Å². The fraction of sp³-hybridized carbons (Fsp3) is 0.333. The molecule has 0 aliphatic rings. The molecule has 0 spiro atoms. The number of ether oxygens (including phenoxy) is 1.